The third-order valence-corrected chi connectivity index (χ3v) is 5.26. The van der Waals surface area contributed by atoms with E-state index in [0.717, 1.165) is 36.9 Å². The Hall–Kier alpha value is -3.02. The van der Waals surface area contributed by atoms with Gasteiger partial charge < -0.3 is 19.9 Å². The average Bonchev–Trinajstić information content (AvgIpc) is 2.69. The number of nitrogens with one attached hydrogen (secondary N) is 1. The summed E-state index contributed by atoms with van der Waals surface area (Å²) in [5.74, 6) is 0.451. The van der Waals surface area contributed by atoms with Crippen molar-refractivity contribution in [1.82, 2.24) is 0 Å². The molecule has 29 heavy (non-hydrogen) atoms. The minimum absolute atomic E-state index is 0.0222. The molecule has 3 rings (SSSR count). The molecule has 0 radical (unpaired) electrons. The van der Waals surface area contributed by atoms with E-state index in [1.807, 2.05) is 18.2 Å². The Kier molecular flexibility index (Phi) is 6.75. The van der Waals surface area contributed by atoms with Crippen molar-refractivity contribution >= 4 is 17.6 Å². The number of benzene rings is 2. The van der Waals surface area contributed by atoms with Crippen molar-refractivity contribution < 1.29 is 24.2 Å². The van der Waals surface area contributed by atoms with E-state index in [4.69, 9.17) is 9.47 Å². The second-order valence-electron chi connectivity index (χ2n) is 7.44. The maximum Gasteiger partial charge on any atom is 0.302 e. The number of aromatic hydroxyl groups is 1. The van der Waals surface area contributed by atoms with Gasteiger partial charge in [0, 0.05) is 12.6 Å². The fourth-order valence-electron chi connectivity index (χ4n) is 3.84. The molecule has 0 aromatic heterocycles. The summed E-state index contributed by atoms with van der Waals surface area (Å²) in [7, 11) is 1.48. The molecular weight excluding hydrogens is 370 g/mol. The number of carbonyl (C=O) groups excluding carboxylic acids is 2. The molecular formula is C23H27NO5. The lowest BCUT2D eigenvalue weighted by atomic mass is 9.82. The van der Waals surface area contributed by atoms with E-state index < -0.39 is 0 Å². The van der Waals surface area contributed by atoms with Crippen molar-refractivity contribution in [2.75, 3.05) is 12.4 Å². The summed E-state index contributed by atoms with van der Waals surface area (Å²) >= 11 is 0. The molecule has 1 aliphatic rings. The Bertz CT molecular complexity index is 871. The Morgan fingerprint density at radius 3 is 2.55 bits per heavy atom. The lowest BCUT2D eigenvalue weighted by Gasteiger charge is -2.28. The van der Waals surface area contributed by atoms with E-state index in [1.165, 1.54) is 25.7 Å². The van der Waals surface area contributed by atoms with Crippen LogP contribution in [0.15, 0.2) is 42.5 Å². The van der Waals surface area contributed by atoms with Crippen LogP contribution in [0.25, 0.3) is 0 Å². The Balaban J connectivity index is 1.58. The van der Waals surface area contributed by atoms with Crippen LogP contribution in [0.5, 0.6) is 11.5 Å². The lowest BCUT2D eigenvalue weighted by molar-refractivity contribution is -0.147. The van der Waals surface area contributed by atoms with Gasteiger partial charge in [-0.05, 0) is 67.0 Å². The van der Waals surface area contributed by atoms with Gasteiger partial charge in [0.05, 0.1) is 13.5 Å². The van der Waals surface area contributed by atoms with Gasteiger partial charge in [-0.25, -0.2) is 0 Å². The van der Waals surface area contributed by atoms with Crippen molar-refractivity contribution in [3.8, 4) is 11.5 Å². The smallest absolute Gasteiger partial charge is 0.302 e. The van der Waals surface area contributed by atoms with E-state index >= 15 is 0 Å². The molecule has 6 nitrogen and oxygen atoms in total. The van der Waals surface area contributed by atoms with Gasteiger partial charge in [-0.2, -0.15) is 0 Å². The van der Waals surface area contributed by atoms with Crippen LogP contribution in [0, 0.1) is 0 Å². The summed E-state index contributed by atoms with van der Waals surface area (Å²) in [5, 5.41) is 12.6. The Morgan fingerprint density at radius 1 is 1.10 bits per heavy atom. The van der Waals surface area contributed by atoms with Crippen molar-refractivity contribution in [2.24, 2.45) is 0 Å². The number of carbonyl (C=O) groups is 2. The zero-order chi connectivity index (χ0) is 20.8. The van der Waals surface area contributed by atoms with E-state index in [0.29, 0.717) is 11.7 Å². The summed E-state index contributed by atoms with van der Waals surface area (Å²) in [6, 6.07) is 12.8. The summed E-state index contributed by atoms with van der Waals surface area (Å²) in [5.41, 5.74) is 2.72. The largest absolute Gasteiger partial charge is 0.504 e. The highest BCUT2D eigenvalue weighted by Crippen LogP contribution is 2.35. The zero-order valence-corrected chi connectivity index (χ0v) is 16.8. The van der Waals surface area contributed by atoms with Crippen molar-refractivity contribution in [2.45, 2.75) is 51.0 Å². The van der Waals surface area contributed by atoms with Gasteiger partial charge in [0.2, 0.25) is 5.91 Å². The first-order valence-electron chi connectivity index (χ1n) is 9.87. The highest BCUT2D eigenvalue weighted by molar-refractivity contribution is 5.92. The second kappa shape index (κ2) is 9.45. The topological polar surface area (TPSA) is 84.9 Å². The van der Waals surface area contributed by atoms with E-state index in [9.17, 15) is 14.7 Å². The summed E-state index contributed by atoms with van der Waals surface area (Å²) in [6.45, 7) is 1.45. The van der Waals surface area contributed by atoms with Gasteiger partial charge >= 0.3 is 5.97 Å². The standard InChI is InChI=1S/C23H27NO5/c1-15(25)29-20-9-7-17(8-10-20)18-4-3-5-19(14-18)24-23(27)13-16-6-11-21(26)22(12-16)28-2/h3-6,11-12,14,17,20,26H,7-10,13H2,1-2H3,(H,24,27). The van der Waals surface area contributed by atoms with Crippen LogP contribution in [-0.2, 0) is 20.7 Å². The lowest BCUT2D eigenvalue weighted by Crippen LogP contribution is -2.22. The molecule has 0 unspecified atom stereocenters. The van der Waals surface area contributed by atoms with Crippen LogP contribution in [-0.4, -0.2) is 30.2 Å². The predicted octanol–water partition coefficient (Wildman–Crippen LogP) is 4.17. The number of hydrogen-bond acceptors (Lipinski definition) is 5. The van der Waals surface area contributed by atoms with Gasteiger partial charge in [-0.1, -0.05) is 18.2 Å². The summed E-state index contributed by atoms with van der Waals surface area (Å²) in [4.78, 5) is 23.5. The predicted molar refractivity (Wildman–Crippen MR) is 110 cm³/mol. The maximum atomic E-state index is 12.4. The van der Waals surface area contributed by atoms with Crippen molar-refractivity contribution in [3.63, 3.8) is 0 Å². The minimum atomic E-state index is -0.218. The molecule has 0 atom stereocenters. The SMILES string of the molecule is COc1cc(CC(=O)Nc2cccc(C3CCC(OC(C)=O)CC3)c2)ccc1O. The normalized spacial score (nSPS) is 18.7. The first-order valence-corrected chi connectivity index (χ1v) is 9.87. The number of esters is 1. The Labute approximate surface area is 170 Å². The van der Waals surface area contributed by atoms with Gasteiger partial charge in [0.25, 0.3) is 0 Å². The van der Waals surface area contributed by atoms with Crippen LogP contribution >= 0.6 is 0 Å². The molecule has 2 aromatic carbocycles. The minimum Gasteiger partial charge on any atom is -0.504 e. The van der Waals surface area contributed by atoms with Crippen molar-refractivity contribution in [3.05, 3.63) is 53.6 Å². The third kappa shape index (κ3) is 5.73. The van der Waals surface area contributed by atoms with Gasteiger partial charge in [0.15, 0.2) is 11.5 Å². The molecule has 1 amide bonds. The number of hydrogen-bond donors (Lipinski definition) is 2. The van der Waals surface area contributed by atoms with Crippen molar-refractivity contribution in [1.29, 1.82) is 0 Å². The van der Waals surface area contributed by atoms with Crippen LogP contribution in [0.4, 0.5) is 5.69 Å². The molecule has 0 heterocycles. The second-order valence-corrected chi connectivity index (χ2v) is 7.44. The number of ether oxygens (including phenoxy) is 2. The fraction of sp³-hybridized carbons (Fsp3) is 0.391. The van der Waals surface area contributed by atoms with E-state index in [2.05, 4.69) is 11.4 Å². The molecule has 6 heteroatoms. The van der Waals surface area contributed by atoms with Gasteiger partial charge in [-0.15, -0.1) is 0 Å². The number of amides is 1. The van der Waals surface area contributed by atoms with Crippen LogP contribution in [0.1, 0.15) is 49.7 Å². The van der Waals surface area contributed by atoms with Crippen LogP contribution in [0.3, 0.4) is 0 Å². The highest BCUT2D eigenvalue weighted by atomic mass is 16.5. The molecule has 0 spiro atoms. The molecule has 1 fully saturated rings. The molecule has 2 N–H and O–H groups in total. The van der Waals surface area contributed by atoms with Crippen LogP contribution in [0.2, 0.25) is 0 Å². The third-order valence-electron chi connectivity index (χ3n) is 5.26. The zero-order valence-electron chi connectivity index (χ0n) is 16.8. The van der Waals surface area contributed by atoms with Crippen LogP contribution < -0.4 is 10.1 Å². The molecule has 2 aromatic rings. The number of anilines is 1. The molecule has 0 aliphatic heterocycles. The number of rotatable bonds is 6. The molecule has 0 bridgehead atoms. The molecule has 1 saturated carbocycles. The molecule has 0 saturated heterocycles. The fourth-order valence-corrected chi connectivity index (χ4v) is 3.84. The Morgan fingerprint density at radius 2 is 1.86 bits per heavy atom. The average molecular weight is 397 g/mol. The number of phenols is 1. The van der Waals surface area contributed by atoms with E-state index in [-0.39, 0.29) is 30.2 Å². The maximum absolute atomic E-state index is 12.4. The molecule has 1 aliphatic carbocycles. The first-order chi connectivity index (χ1) is 13.9. The van der Waals surface area contributed by atoms with Gasteiger partial charge in [-0.3, -0.25) is 9.59 Å². The quantitative estimate of drug-likeness (QED) is 0.715. The van der Waals surface area contributed by atoms with E-state index in [1.54, 1.807) is 12.1 Å². The summed E-state index contributed by atoms with van der Waals surface area (Å²) < 4.78 is 10.4. The number of methoxy groups -OCH3 is 1. The monoisotopic (exact) mass is 397 g/mol. The molecule has 154 valence electrons. The first kappa shape index (κ1) is 20.7. The summed E-state index contributed by atoms with van der Waals surface area (Å²) in [6.07, 6.45) is 3.86. The van der Waals surface area contributed by atoms with Gasteiger partial charge in [0.1, 0.15) is 6.10 Å². The highest BCUT2D eigenvalue weighted by Gasteiger charge is 2.24. The number of phenolic OH excluding ortho intramolecular Hbond substituents is 1.